The second-order valence-corrected chi connectivity index (χ2v) is 5.55. The lowest BCUT2D eigenvalue weighted by atomic mass is 9.95. The van der Waals surface area contributed by atoms with Crippen molar-refractivity contribution < 1.29 is 0 Å². The van der Waals surface area contributed by atoms with Crippen LogP contribution in [0.3, 0.4) is 0 Å². The van der Waals surface area contributed by atoms with Crippen molar-refractivity contribution in [2.75, 3.05) is 37.0 Å². The van der Waals surface area contributed by atoms with Crippen LogP contribution in [0.5, 0.6) is 0 Å². The van der Waals surface area contributed by atoms with Gasteiger partial charge in [0.2, 0.25) is 0 Å². The molecule has 1 atom stereocenters. The number of rotatable bonds is 3. The zero-order valence-corrected chi connectivity index (χ0v) is 12.5. The molecule has 2 aromatic rings. The van der Waals surface area contributed by atoms with E-state index in [9.17, 15) is 0 Å². The average Bonchev–Trinajstić information content (AvgIpc) is 2.56. The van der Waals surface area contributed by atoms with Crippen LogP contribution in [0.4, 0.5) is 11.6 Å². The van der Waals surface area contributed by atoms with Crippen LogP contribution in [0.15, 0.2) is 31.0 Å². The van der Waals surface area contributed by atoms with Gasteiger partial charge >= 0.3 is 0 Å². The van der Waals surface area contributed by atoms with E-state index in [-0.39, 0.29) is 0 Å². The number of hydrogen-bond acceptors (Lipinski definition) is 6. The van der Waals surface area contributed by atoms with Gasteiger partial charge in [0, 0.05) is 51.7 Å². The molecule has 0 unspecified atom stereocenters. The zero-order valence-electron chi connectivity index (χ0n) is 12.5. The molecule has 21 heavy (non-hydrogen) atoms. The summed E-state index contributed by atoms with van der Waals surface area (Å²) >= 11 is 0. The van der Waals surface area contributed by atoms with E-state index in [0.29, 0.717) is 5.92 Å². The predicted octanol–water partition coefficient (Wildman–Crippen LogP) is 1.72. The van der Waals surface area contributed by atoms with E-state index < -0.39 is 0 Å². The molecule has 110 valence electrons. The van der Waals surface area contributed by atoms with Crippen LogP contribution in [0.25, 0.3) is 0 Å². The van der Waals surface area contributed by atoms with Crippen molar-refractivity contribution in [1.29, 1.82) is 0 Å². The van der Waals surface area contributed by atoms with Crippen molar-refractivity contribution in [2.24, 2.45) is 0 Å². The fraction of sp³-hybridized carbons (Fsp3) is 0.467. The summed E-state index contributed by atoms with van der Waals surface area (Å²) < 4.78 is 0. The SMILES string of the molecule is CN(C)c1cncc([C@@H]2CCCN(c3cnccn3)C2)n1. The highest BCUT2D eigenvalue weighted by atomic mass is 15.2. The molecule has 0 N–H and O–H groups in total. The van der Waals surface area contributed by atoms with E-state index >= 15 is 0 Å². The third-order valence-electron chi connectivity index (χ3n) is 3.81. The Balaban J connectivity index is 1.78. The zero-order chi connectivity index (χ0) is 14.7. The second-order valence-electron chi connectivity index (χ2n) is 5.55. The van der Waals surface area contributed by atoms with Gasteiger partial charge in [-0.15, -0.1) is 0 Å². The average molecular weight is 284 g/mol. The van der Waals surface area contributed by atoms with Gasteiger partial charge in [0.1, 0.15) is 11.6 Å². The highest BCUT2D eigenvalue weighted by Gasteiger charge is 2.24. The standard InChI is InChI=1S/C15H20N6/c1-20(2)15-10-17-8-13(19-15)12-4-3-7-21(11-12)14-9-16-5-6-18-14/h5-6,8-10,12H,3-4,7,11H2,1-2H3/t12-/m1/s1. The summed E-state index contributed by atoms with van der Waals surface area (Å²) in [6.07, 6.45) is 11.2. The first-order valence-corrected chi connectivity index (χ1v) is 7.24. The summed E-state index contributed by atoms with van der Waals surface area (Å²) in [7, 11) is 3.97. The molecule has 0 amide bonds. The lowest BCUT2D eigenvalue weighted by Gasteiger charge is -2.33. The van der Waals surface area contributed by atoms with Crippen LogP contribution >= 0.6 is 0 Å². The van der Waals surface area contributed by atoms with E-state index in [1.165, 1.54) is 0 Å². The number of hydrogen-bond donors (Lipinski definition) is 0. The first-order valence-electron chi connectivity index (χ1n) is 7.24. The van der Waals surface area contributed by atoms with Crippen molar-refractivity contribution in [2.45, 2.75) is 18.8 Å². The minimum Gasteiger partial charge on any atom is -0.361 e. The Morgan fingerprint density at radius 2 is 2.05 bits per heavy atom. The minimum absolute atomic E-state index is 0.396. The lowest BCUT2D eigenvalue weighted by Crippen LogP contribution is -2.35. The number of aromatic nitrogens is 4. The van der Waals surface area contributed by atoms with Gasteiger partial charge in [-0.3, -0.25) is 9.97 Å². The van der Waals surface area contributed by atoms with E-state index in [1.807, 2.05) is 31.4 Å². The van der Waals surface area contributed by atoms with Gasteiger partial charge in [0.15, 0.2) is 0 Å². The summed E-state index contributed by atoms with van der Waals surface area (Å²) in [6.45, 7) is 1.94. The lowest BCUT2D eigenvalue weighted by molar-refractivity contribution is 0.497. The van der Waals surface area contributed by atoms with Gasteiger partial charge in [-0.05, 0) is 12.8 Å². The van der Waals surface area contributed by atoms with Crippen LogP contribution in [0.1, 0.15) is 24.5 Å². The van der Waals surface area contributed by atoms with Gasteiger partial charge in [-0.1, -0.05) is 0 Å². The Hall–Kier alpha value is -2.24. The molecule has 1 aliphatic heterocycles. The van der Waals surface area contributed by atoms with E-state index in [0.717, 1.165) is 43.3 Å². The summed E-state index contributed by atoms with van der Waals surface area (Å²) in [4.78, 5) is 21.9. The van der Waals surface area contributed by atoms with Gasteiger partial charge in [-0.2, -0.15) is 0 Å². The number of piperidine rings is 1. The quantitative estimate of drug-likeness (QED) is 0.855. The smallest absolute Gasteiger partial charge is 0.147 e. The van der Waals surface area contributed by atoms with Crippen molar-refractivity contribution in [3.05, 3.63) is 36.7 Å². The highest BCUT2D eigenvalue weighted by molar-refractivity contribution is 5.38. The van der Waals surface area contributed by atoms with E-state index in [4.69, 9.17) is 4.98 Å². The molecule has 6 nitrogen and oxygen atoms in total. The van der Waals surface area contributed by atoms with Gasteiger partial charge in [0.25, 0.3) is 0 Å². The van der Waals surface area contributed by atoms with Gasteiger partial charge in [-0.25, -0.2) is 9.97 Å². The van der Waals surface area contributed by atoms with Crippen LogP contribution in [-0.2, 0) is 0 Å². The second kappa shape index (κ2) is 6.03. The van der Waals surface area contributed by atoms with Crippen molar-refractivity contribution in [1.82, 2.24) is 19.9 Å². The monoisotopic (exact) mass is 284 g/mol. The molecule has 1 fully saturated rings. The Labute approximate surface area is 124 Å². The summed E-state index contributed by atoms with van der Waals surface area (Å²) in [5.74, 6) is 2.25. The largest absolute Gasteiger partial charge is 0.361 e. The van der Waals surface area contributed by atoms with E-state index in [2.05, 4.69) is 19.9 Å². The van der Waals surface area contributed by atoms with Crippen molar-refractivity contribution in [3.63, 3.8) is 0 Å². The molecule has 0 spiro atoms. The van der Waals surface area contributed by atoms with Crippen LogP contribution < -0.4 is 9.80 Å². The fourth-order valence-corrected chi connectivity index (χ4v) is 2.66. The molecule has 2 aromatic heterocycles. The molecule has 0 radical (unpaired) electrons. The summed E-state index contributed by atoms with van der Waals surface area (Å²) in [6, 6.07) is 0. The topological polar surface area (TPSA) is 58.0 Å². The maximum atomic E-state index is 4.72. The maximum Gasteiger partial charge on any atom is 0.147 e. The van der Waals surface area contributed by atoms with Crippen LogP contribution in [0, 0.1) is 0 Å². The molecule has 1 saturated heterocycles. The summed E-state index contributed by atoms with van der Waals surface area (Å²) in [5.41, 5.74) is 1.06. The number of anilines is 2. The summed E-state index contributed by atoms with van der Waals surface area (Å²) in [5, 5.41) is 0. The van der Waals surface area contributed by atoms with Gasteiger partial charge in [0.05, 0.1) is 18.1 Å². The molecule has 1 aliphatic rings. The third kappa shape index (κ3) is 3.09. The molecule has 0 saturated carbocycles. The first-order chi connectivity index (χ1) is 10.2. The van der Waals surface area contributed by atoms with Crippen LogP contribution in [0.2, 0.25) is 0 Å². The molecule has 3 rings (SSSR count). The fourth-order valence-electron chi connectivity index (χ4n) is 2.66. The van der Waals surface area contributed by atoms with Crippen molar-refractivity contribution in [3.8, 4) is 0 Å². The molecule has 3 heterocycles. The minimum atomic E-state index is 0.396. The normalized spacial score (nSPS) is 18.6. The Morgan fingerprint density at radius 1 is 1.14 bits per heavy atom. The maximum absolute atomic E-state index is 4.72. The third-order valence-corrected chi connectivity index (χ3v) is 3.81. The number of nitrogens with zero attached hydrogens (tertiary/aromatic N) is 6. The highest BCUT2D eigenvalue weighted by Crippen LogP contribution is 2.28. The Morgan fingerprint density at radius 3 is 2.81 bits per heavy atom. The predicted molar refractivity (Wildman–Crippen MR) is 82.6 cm³/mol. The molecule has 0 aromatic carbocycles. The first kappa shape index (κ1) is 13.7. The molecular formula is C15H20N6. The molecule has 6 heteroatoms. The molecular weight excluding hydrogens is 264 g/mol. The Bertz CT molecular complexity index is 586. The van der Waals surface area contributed by atoms with Gasteiger partial charge < -0.3 is 9.80 Å². The molecule has 0 bridgehead atoms. The van der Waals surface area contributed by atoms with Crippen LogP contribution in [-0.4, -0.2) is 47.1 Å². The van der Waals surface area contributed by atoms with Crippen molar-refractivity contribution >= 4 is 11.6 Å². The van der Waals surface area contributed by atoms with E-state index in [1.54, 1.807) is 18.6 Å². The molecule has 0 aliphatic carbocycles. The Kier molecular flexibility index (Phi) is 3.94.